The van der Waals surface area contributed by atoms with Crippen molar-refractivity contribution in [1.82, 2.24) is 15.5 Å². The number of carbonyl (C=O) groups excluding carboxylic acids is 1. The van der Waals surface area contributed by atoms with E-state index in [0.717, 1.165) is 11.6 Å². The molecule has 2 aromatic heterocycles. The molecule has 9 heteroatoms. The Morgan fingerprint density at radius 2 is 1.96 bits per heavy atom. The standard InChI is InChI=1S/C18H16F3N3O2S/c19-18(20,21)14-4-2-1-3-12(14)7-9-22-15(25)5-6-16-23-24-17(26-16)13-8-10-27-11-13/h1-4,8,10-11H,5-7,9H2,(H,22,25). The van der Waals surface area contributed by atoms with Crippen LogP contribution in [0.4, 0.5) is 13.2 Å². The molecule has 0 saturated heterocycles. The van der Waals surface area contributed by atoms with E-state index in [9.17, 15) is 18.0 Å². The van der Waals surface area contributed by atoms with E-state index in [1.807, 2.05) is 16.8 Å². The maximum Gasteiger partial charge on any atom is 0.416 e. The largest absolute Gasteiger partial charge is 0.421 e. The number of nitrogens with one attached hydrogen (secondary N) is 1. The monoisotopic (exact) mass is 395 g/mol. The Morgan fingerprint density at radius 1 is 1.15 bits per heavy atom. The van der Waals surface area contributed by atoms with Gasteiger partial charge in [0, 0.05) is 30.3 Å². The lowest BCUT2D eigenvalue weighted by molar-refractivity contribution is -0.138. The molecule has 0 saturated carbocycles. The van der Waals surface area contributed by atoms with Crippen LogP contribution >= 0.6 is 11.3 Å². The third kappa shape index (κ3) is 5.16. The second-order valence-electron chi connectivity index (χ2n) is 5.77. The smallest absolute Gasteiger partial charge is 0.416 e. The molecular formula is C18H16F3N3O2S. The molecule has 0 radical (unpaired) electrons. The highest BCUT2D eigenvalue weighted by Gasteiger charge is 2.32. The molecule has 1 aromatic carbocycles. The van der Waals surface area contributed by atoms with Gasteiger partial charge in [-0.05, 0) is 29.5 Å². The van der Waals surface area contributed by atoms with Gasteiger partial charge in [-0.3, -0.25) is 4.79 Å². The van der Waals surface area contributed by atoms with Crippen LogP contribution in [-0.2, 0) is 23.8 Å². The summed E-state index contributed by atoms with van der Waals surface area (Å²) in [6.07, 6.45) is -3.92. The summed E-state index contributed by atoms with van der Waals surface area (Å²) in [7, 11) is 0. The van der Waals surface area contributed by atoms with Gasteiger partial charge in [0.2, 0.25) is 17.7 Å². The van der Waals surface area contributed by atoms with Gasteiger partial charge in [-0.2, -0.15) is 24.5 Å². The molecule has 3 rings (SSSR count). The summed E-state index contributed by atoms with van der Waals surface area (Å²) in [5.41, 5.74) is 0.306. The molecule has 0 aliphatic rings. The predicted octanol–water partition coefficient (Wildman–Crippen LogP) is 4.11. The average Bonchev–Trinajstić information content (AvgIpc) is 3.31. The number of rotatable bonds is 7. The molecule has 3 aromatic rings. The SMILES string of the molecule is O=C(CCc1nnc(-c2ccsc2)o1)NCCc1ccccc1C(F)(F)F. The van der Waals surface area contributed by atoms with Crippen LogP contribution in [0.1, 0.15) is 23.4 Å². The van der Waals surface area contributed by atoms with Gasteiger partial charge in [-0.1, -0.05) is 18.2 Å². The summed E-state index contributed by atoms with van der Waals surface area (Å²) in [6.45, 7) is 0.121. The summed E-state index contributed by atoms with van der Waals surface area (Å²) in [4.78, 5) is 11.9. The molecule has 0 atom stereocenters. The first-order chi connectivity index (χ1) is 12.9. The number of alkyl halides is 3. The van der Waals surface area contributed by atoms with Crippen LogP contribution in [0.15, 0.2) is 45.5 Å². The zero-order valence-electron chi connectivity index (χ0n) is 14.1. The number of halogens is 3. The highest BCUT2D eigenvalue weighted by molar-refractivity contribution is 7.08. The van der Waals surface area contributed by atoms with E-state index in [-0.39, 0.29) is 37.3 Å². The van der Waals surface area contributed by atoms with Crippen molar-refractivity contribution < 1.29 is 22.4 Å². The van der Waals surface area contributed by atoms with Gasteiger partial charge in [0.1, 0.15) is 0 Å². The van der Waals surface area contributed by atoms with E-state index >= 15 is 0 Å². The third-order valence-corrected chi connectivity index (χ3v) is 4.52. The van der Waals surface area contributed by atoms with Crippen molar-refractivity contribution in [2.45, 2.75) is 25.4 Å². The van der Waals surface area contributed by atoms with Crippen LogP contribution in [0.3, 0.4) is 0 Å². The van der Waals surface area contributed by atoms with E-state index in [0.29, 0.717) is 11.8 Å². The number of nitrogens with zero attached hydrogens (tertiary/aromatic N) is 2. The van der Waals surface area contributed by atoms with E-state index in [1.165, 1.54) is 23.5 Å². The van der Waals surface area contributed by atoms with Gasteiger partial charge >= 0.3 is 6.18 Å². The van der Waals surface area contributed by atoms with E-state index in [1.54, 1.807) is 6.07 Å². The van der Waals surface area contributed by atoms with E-state index < -0.39 is 11.7 Å². The molecule has 27 heavy (non-hydrogen) atoms. The fourth-order valence-corrected chi connectivity index (χ4v) is 3.15. The molecule has 5 nitrogen and oxygen atoms in total. The van der Waals surface area contributed by atoms with Crippen LogP contribution in [0.25, 0.3) is 11.5 Å². The number of hydrogen-bond donors (Lipinski definition) is 1. The Labute approximate surface area is 157 Å². The number of aromatic nitrogens is 2. The molecule has 1 amide bonds. The molecule has 0 aliphatic heterocycles. The minimum atomic E-state index is -4.40. The number of carbonyl (C=O) groups is 1. The first kappa shape index (κ1) is 19.1. The zero-order valence-corrected chi connectivity index (χ0v) is 14.9. The molecule has 0 fully saturated rings. The minimum absolute atomic E-state index is 0.101. The Bertz CT molecular complexity index is 891. The van der Waals surface area contributed by atoms with Gasteiger partial charge < -0.3 is 9.73 Å². The summed E-state index contributed by atoms with van der Waals surface area (Å²) in [5.74, 6) is 0.457. The number of thiophene rings is 1. The molecule has 142 valence electrons. The molecular weight excluding hydrogens is 379 g/mol. The summed E-state index contributed by atoms with van der Waals surface area (Å²) >= 11 is 1.51. The number of aryl methyl sites for hydroxylation is 1. The number of benzene rings is 1. The summed E-state index contributed by atoms with van der Waals surface area (Å²) < 4.78 is 44.3. The van der Waals surface area contributed by atoms with Gasteiger partial charge in [0.05, 0.1) is 5.56 Å². The van der Waals surface area contributed by atoms with E-state index in [2.05, 4.69) is 15.5 Å². The fraction of sp³-hybridized carbons (Fsp3) is 0.278. The molecule has 2 heterocycles. The molecule has 0 unspecified atom stereocenters. The van der Waals surface area contributed by atoms with Gasteiger partial charge in [0.15, 0.2) is 0 Å². The zero-order chi connectivity index (χ0) is 19.3. The average molecular weight is 395 g/mol. The topological polar surface area (TPSA) is 68.0 Å². The Morgan fingerprint density at radius 3 is 2.70 bits per heavy atom. The van der Waals surface area contributed by atoms with Crippen LogP contribution in [0, 0.1) is 0 Å². The maximum atomic E-state index is 12.9. The quantitative estimate of drug-likeness (QED) is 0.654. The van der Waals surface area contributed by atoms with Crippen LogP contribution in [0.2, 0.25) is 0 Å². The Hall–Kier alpha value is -2.68. The lowest BCUT2D eigenvalue weighted by atomic mass is 10.0. The normalized spacial score (nSPS) is 11.5. The second kappa shape index (κ2) is 8.34. The first-order valence-corrected chi connectivity index (χ1v) is 9.14. The lowest BCUT2D eigenvalue weighted by Gasteiger charge is -2.12. The van der Waals surface area contributed by atoms with Crippen LogP contribution < -0.4 is 5.32 Å². The highest BCUT2D eigenvalue weighted by atomic mass is 32.1. The fourth-order valence-electron chi connectivity index (χ4n) is 2.52. The summed E-state index contributed by atoms with van der Waals surface area (Å²) in [5, 5.41) is 14.2. The predicted molar refractivity (Wildman–Crippen MR) is 94.1 cm³/mol. The van der Waals surface area contributed by atoms with E-state index in [4.69, 9.17) is 4.42 Å². The highest BCUT2D eigenvalue weighted by Crippen LogP contribution is 2.31. The lowest BCUT2D eigenvalue weighted by Crippen LogP contribution is -2.26. The second-order valence-corrected chi connectivity index (χ2v) is 6.55. The Kier molecular flexibility index (Phi) is 5.90. The van der Waals surface area contributed by atoms with Gasteiger partial charge in [-0.15, -0.1) is 10.2 Å². The molecule has 0 spiro atoms. The van der Waals surface area contributed by atoms with Gasteiger partial charge in [0.25, 0.3) is 0 Å². The number of hydrogen-bond acceptors (Lipinski definition) is 5. The van der Waals surface area contributed by atoms with Crippen molar-refractivity contribution >= 4 is 17.2 Å². The van der Waals surface area contributed by atoms with Crippen molar-refractivity contribution in [3.05, 3.63) is 58.1 Å². The summed E-state index contributed by atoms with van der Waals surface area (Å²) in [6, 6.07) is 7.21. The van der Waals surface area contributed by atoms with Crippen LogP contribution in [0.5, 0.6) is 0 Å². The minimum Gasteiger partial charge on any atom is -0.421 e. The van der Waals surface area contributed by atoms with Crippen molar-refractivity contribution in [1.29, 1.82) is 0 Å². The van der Waals surface area contributed by atoms with Crippen molar-refractivity contribution in [3.8, 4) is 11.5 Å². The Balaban J connectivity index is 1.46. The molecule has 1 N–H and O–H groups in total. The molecule has 0 aliphatic carbocycles. The maximum absolute atomic E-state index is 12.9. The van der Waals surface area contributed by atoms with Crippen molar-refractivity contribution in [2.24, 2.45) is 0 Å². The van der Waals surface area contributed by atoms with Crippen LogP contribution in [-0.4, -0.2) is 22.6 Å². The molecule has 0 bridgehead atoms. The van der Waals surface area contributed by atoms with Gasteiger partial charge in [-0.25, -0.2) is 0 Å². The first-order valence-electron chi connectivity index (χ1n) is 8.20. The van der Waals surface area contributed by atoms with Crippen molar-refractivity contribution in [2.75, 3.05) is 6.54 Å². The third-order valence-electron chi connectivity index (χ3n) is 3.84. The number of amides is 1. The van der Waals surface area contributed by atoms with Crippen molar-refractivity contribution in [3.63, 3.8) is 0 Å².